The van der Waals surface area contributed by atoms with Gasteiger partial charge in [0.05, 0.1) is 0 Å². The summed E-state index contributed by atoms with van der Waals surface area (Å²) in [6, 6.07) is 0. The Hall–Kier alpha value is -0.330. The molecule has 1 saturated carbocycles. The number of Topliss-reactive ketones (excluding diaryl/α,β-unsaturated/α-hetero) is 1. The maximum atomic E-state index is 11.6. The Bertz CT molecular complexity index is 317. The summed E-state index contributed by atoms with van der Waals surface area (Å²) >= 11 is 0. The van der Waals surface area contributed by atoms with Crippen LogP contribution in [0.15, 0.2) is 0 Å². The van der Waals surface area contributed by atoms with Crippen LogP contribution < -0.4 is 0 Å². The molecule has 0 heterocycles. The lowest BCUT2D eigenvalue weighted by atomic mass is 9.86. The van der Waals surface area contributed by atoms with E-state index in [0.717, 1.165) is 19.3 Å². The molecule has 0 bridgehead atoms. The van der Waals surface area contributed by atoms with Gasteiger partial charge in [-0.25, -0.2) is 0 Å². The van der Waals surface area contributed by atoms with Crippen molar-refractivity contribution >= 4 is 5.78 Å². The molecule has 1 heteroatoms. The highest BCUT2D eigenvalue weighted by atomic mass is 16.1. The molecule has 64 valence electrons. The molecule has 0 aromatic carbocycles. The minimum atomic E-state index is -3.06. The zero-order valence-corrected chi connectivity index (χ0v) is 6.52. The third kappa shape index (κ3) is 3.54. The largest absolute Gasteiger partial charge is 0.300 e. The van der Waals surface area contributed by atoms with Crippen molar-refractivity contribution in [2.75, 3.05) is 0 Å². The zero-order chi connectivity index (χ0) is 14.2. The highest BCUT2D eigenvalue weighted by Gasteiger charge is 2.13. The van der Waals surface area contributed by atoms with Gasteiger partial charge in [0.2, 0.25) is 0 Å². The molecule has 1 rings (SSSR count). The minimum Gasteiger partial charge on any atom is -0.300 e. The van der Waals surface area contributed by atoms with Gasteiger partial charge in [0.15, 0.2) is 0 Å². The molecule has 0 spiro atoms. The summed E-state index contributed by atoms with van der Waals surface area (Å²) in [5.74, 6) is -2.92. The van der Waals surface area contributed by atoms with E-state index in [0.29, 0.717) is 12.8 Å². The number of carbonyl (C=O) groups is 1. The second-order valence-corrected chi connectivity index (χ2v) is 2.84. The fraction of sp³-hybridized carbons (Fsp3) is 0.900. The van der Waals surface area contributed by atoms with Crippen molar-refractivity contribution in [1.82, 2.24) is 0 Å². The molecule has 1 unspecified atom stereocenters. The van der Waals surface area contributed by atoms with Gasteiger partial charge in [-0.2, -0.15) is 0 Å². The van der Waals surface area contributed by atoms with Crippen LogP contribution in [0.5, 0.6) is 0 Å². The summed E-state index contributed by atoms with van der Waals surface area (Å²) < 4.78 is 52.1. The minimum absolute atomic E-state index is 0.342. The first-order valence-electron chi connectivity index (χ1n) is 7.57. The van der Waals surface area contributed by atoms with Gasteiger partial charge in [-0.15, -0.1) is 0 Å². The van der Waals surface area contributed by atoms with Crippen LogP contribution in [0.1, 0.15) is 61.3 Å². The summed E-state index contributed by atoms with van der Waals surface area (Å²) in [6.07, 6.45) is -1.40. The first-order chi connectivity index (χ1) is 8.02. The summed E-state index contributed by atoms with van der Waals surface area (Å²) in [6.45, 7) is -3.06. The van der Waals surface area contributed by atoms with Crippen LogP contribution in [-0.2, 0) is 4.79 Å². The maximum absolute atomic E-state index is 11.6. The average Bonchev–Trinajstić information content (AvgIpc) is 2.26. The van der Waals surface area contributed by atoms with Gasteiger partial charge in [-0.3, -0.25) is 0 Å². The third-order valence-corrected chi connectivity index (χ3v) is 1.90. The lowest BCUT2D eigenvalue weighted by molar-refractivity contribution is -0.117. The fourth-order valence-corrected chi connectivity index (χ4v) is 1.32. The van der Waals surface area contributed by atoms with Crippen molar-refractivity contribution in [2.45, 2.75) is 51.7 Å². The van der Waals surface area contributed by atoms with E-state index in [2.05, 4.69) is 0 Å². The van der Waals surface area contributed by atoms with Crippen molar-refractivity contribution in [3.8, 4) is 0 Å². The van der Waals surface area contributed by atoms with Gasteiger partial charge in [0.25, 0.3) is 0 Å². The van der Waals surface area contributed by atoms with E-state index in [4.69, 9.17) is 9.60 Å². The van der Waals surface area contributed by atoms with Crippen LogP contribution in [-0.4, -0.2) is 5.78 Å². The Morgan fingerprint density at radius 1 is 1.64 bits per heavy atom. The monoisotopic (exact) mass is 161 g/mol. The van der Waals surface area contributed by atoms with E-state index in [1.165, 1.54) is 0 Å². The van der Waals surface area contributed by atoms with Crippen LogP contribution in [0, 0.1) is 5.89 Å². The molecular formula is C10H18O. The van der Waals surface area contributed by atoms with E-state index in [1.54, 1.807) is 0 Å². The molecule has 1 aliphatic carbocycles. The Labute approximate surface area is 79.0 Å². The van der Waals surface area contributed by atoms with Gasteiger partial charge < -0.3 is 4.79 Å². The SMILES string of the molecule is [2H]C(C1([2H])CCCCC1)C([2H])([2H])C(=O)C([2H])([2H])[2H]. The Morgan fingerprint density at radius 2 is 2.36 bits per heavy atom. The highest BCUT2D eigenvalue weighted by molar-refractivity contribution is 5.75. The van der Waals surface area contributed by atoms with Crippen LogP contribution in [0.2, 0.25) is 0 Å². The average molecular weight is 161 g/mol. The standard InChI is InChI=1S/C10H18O/c1-9(11)7-8-10-5-3-2-4-6-10/h10H,2-8H2,1H3/i1D3,7D2,8D,10D. The second-order valence-electron chi connectivity index (χ2n) is 2.84. The normalized spacial score (nSPS) is 37.6. The van der Waals surface area contributed by atoms with E-state index >= 15 is 0 Å². The lowest BCUT2D eigenvalue weighted by Crippen LogP contribution is -2.07. The quantitative estimate of drug-likeness (QED) is 0.622. The van der Waals surface area contributed by atoms with Crippen molar-refractivity contribution in [2.24, 2.45) is 5.89 Å². The van der Waals surface area contributed by atoms with Gasteiger partial charge in [-0.1, -0.05) is 32.1 Å². The maximum Gasteiger partial charge on any atom is 0.129 e. The van der Waals surface area contributed by atoms with Crippen molar-refractivity contribution < 1.29 is 14.4 Å². The summed E-state index contributed by atoms with van der Waals surface area (Å²) in [4.78, 5) is 11.6. The number of rotatable bonds is 3. The zero-order valence-electron chi connectivity index (χ0n) is 13.5. The van der Waals surface area contributed by atoms with Crippen LogP contribution in [0.4, 0.5) is 0 Å². The topological polar surface area (TPSA) is 17.1 Å². The predicted octanol–water partition coefficient (Wildman–Crippen LogP) is 2.94. The molecule has 1 atom stereocenters. The number of hydrogen-bond acceptors (Lipinski definition) is 1. The van der Waals surface area contributed by atoms with Crippen molar-refractivity contribution in [3.63, 3.8) is 0 Å². The van der Waals surface area contributed by atoms with Crippen LogP contribution in [0.3, 0.4) is 0 Å². The van der Waals surface area contributed by atoms with E-state index < -0.39 is 31.3 Å². The smallest absolute Gasteiger partial charge is 0.129 e. The van der Waals surface area contributed by atoms with Gasteiger partial charge in [0.1, 0.15) is 5.78 Å². The van der Waals surface area contributed by atoms with Crippen molar-refractivity contribution in [3.05, 3.63) is 0 Å². The summed E-state index contributed by atoms with van der Waals surface area (Å²) in [7, 11) is 0. The first-order valence-corrected chi connectivity index (χ1v) is 3.99. The van der Waals surface area contributed by atoms with E-state index in [1.807, 2.05) is 0 Å². The Kier molecular flexibility index (Phi) is 1.32. The summed E-state index contributed by atoms with van der Waals surface area (Å²) in [5, 5.41) is 0. The molecule has 1 aliphatic rings. The third-order valence-electron chi connectivity index (χ3n) is 1.90. The number of ketones is 1. The Morgan fingerprint density at radius 3 is 3.00 bits per heavy atom. The molecule has 0 aromatic heterocycles. The number of hydrogen-bond donors (Lipinski definition) is 0. The highest BCUT2D eigenvalue weighted by Crippen LogP contribution is 2.27. The molecule has 0 aliphatic heterocycles. The van der Waals surface area contributed by atoms with Crippen LogP contribution in [0.25, 0.3) is 0 Å². The van der Waals surface area contributed by atoms with Gasteiger partial charge >= 0.3 is 0 Å². The molecule has 0 N–H and O–H groups in total. The first kappa shape index (κ1) is 3.20. The van der Waals surface area contributed by atoms with Crippen LogP contribution >= 0.6 is 0 Å². The van der Waals surface area contributed by atoms with Gasteiger partial charge in [0, 0.05) is 16.0 Å². The number of carbonyl (C=O) groups excluding carboxylic acids is 1. The lowest BCUT2D eigenvalue weighted by Gasteiger charge is -2.20. The molecule has 0 amide bonds. The van der Waals surface area contributed by atoms with E-state index in [9.17, 15) is 4.79 Å². The molecule has 0 saturated heterocycles. The molecule has 0 aromatic rings. The Balaban J connectivity index is 2.93. The molecule has 0 radical (unpaired) electrons. The van der Waals surface area contributed by atoms with E-state index in [-0.39, 0.29) is 0 Å². The van der Waals surface area contributed by atoms with Gasteiger partial charge in [-0.05, 0) is 19.1 Å². The van der Waals surface area contributed by atoms with Crippen molar-refractivity contribution in [1.29, 1.82) is 0 Å². The molecule has 1 fully saturated rings. The molecule has 1 nitrogen and oxygen atoms in total. The summed E-state index contributed by atoms with van der Waals surface area (Å²) in [5.41, 5.74) is 0. The fourth-order valence-electron chi connectivity index (χ4n) is 1.32. The molecular weight excluding hydrogens is 136 g/mol. The predicted molar refractivity (Wildman–Crippen MR) is 46.5 cm³/mol. The molecule has 11 heavy (non-hydrogen) atoms. The second kappa shape index (κ2) is 4.53.